The molecule has 2 heterocycles. The van der Waals surface area contributed by atoms with E-state index in [1.54, 1.807) is 0 Å². The van der Waals surface area contributed by atoms with E-state index in [4.69, 9.17) is 0 Å². The summed E-state index contributed by atoms with van der Waals surface area (Å²) < 4.78 is 1.95. The number of nitrogens with zero attached hydrogens (tertiary/aromatic N) is 3. The lowest BCUT2D eigenvalue weighted by atomic mass is 10.4. The standard InChI is InChI=1S/C10H16N4O/c1-8-7-9(2)14(12-8)6-5-13-4-3-11-10(13)15/h7H,3-6H2,1-2H3,(H,11,15). The molecule has 0 bridgehead atoms. The molecule has 0 spiro atoms. The minimum Gasteiger partial charge on any atom is -0.336 e. The molecule has 1 saturated heterocycles. The van der Waals surface area contributed by atoms with Crippen molar-refractivity contribution in [3.8, 4) is 0 Å². The van der Waals surface area contributed by atoms with Crippen LogP contribution in [0.3, 0.4) is 0 Å². The van der Waals surface area contributed by atoms with Gasteiger partial charge in [-0.15, -0.1) is 0 Å². The van der Waals surface area contributed by atoms with E-state index < -0.39 is 0 Å². The first-order chi connectivity index (χ1) is 7.16. The predicted molar refractivity (Wildman–Crippen MR) is 56.7 cm³/mol. The number of carbonyl (C=O) groups is 1. The molecule has 0 saturated carbocycles. The molecule has 1 aliphatic rings. The van der Waals surface area contributed by atoms with Crippen molar-refractivity contribution in [1.82, 2.24) is 20.0 Å². The molecule has 1 fully saturated rings. The maximum atomic E-state index is 11.3. The number of urea groups is 1. The normalized spacial score (nSPS) is 15.9. The van der Waals surface area contributed by atoms with E-state index in [1.165, 1.54) is 0 Å². The van der Waals surface area contributed by atoms with Crippen LogP contribution < -0.4 is 5.32 Å². The van der Waals surface area contributed by atoms with Crippen molar-refractivity contribution >= 4 is 6.03 Å². The minimum atomic E-state index is 0.0385. The van der Waals surface area contributed by atoms with Gasteiger partial charge in [-0.2, -0.15) is 5.10 Å². The fourth-order valence-electron chi connectivity index (χ4n) is 1.84. The van der Waals surface area contributed by atoms with Crippen LogP contribution in [0.2, 0.25) is 0 Å². The zero-order valence-corrected chi connectivity index (χ0v) is 9.16. The van der Waals surface area contributed by atoms with E-state index in [0.29, 0.717) is 0 Å². The highest BCUT2D eigenvalue weighted by atomic mass is 16.2. The van der Waals surface area contributed by atoms with Crippen LogP contribution in [-0.2, 0) is 6.54 Å². The third-order valence-corrected chi connectivity index (χ3v) is 2.63. The third kappa shape index (κ3) is 2.11. The van der Waals surface area contributed by atoms with Crippen molar-refractivity contribution in [3.63, 3.8) is 0 Å². The van der Waals surface area contributed by atoms with Gasteiger partial charge in [-0.3, -0.25) is 4.68 Å². The fraction of sp³-hybridized carbons (Fsp3) is 0.600. The van der Waals surface area contributed by atoms with Crippen molar-refractivity contribution in [2.24, 2.45) is 0 Å². The van der Waals surface area contributed by atoms with Crippen molar-refractivity contribution < 1.29 is 4.79 Å². The van der Waals surface area contributed by atoms with Crippen LogP contribution in [0, 0.1) is 13.8 Å². The monoisotopic (exact) mass is 208 g/mol. The Morgan fingerprint density at radius 1 is 1.47 bits per heavy atom. The molecule has 0 atom stereocenters. The summed E-state index contributed by atoms with van der Waals surface area (Å²) in [5.74, 6) is 0. The van der Waals surface area contributed by atoms with E-state index in [9.17, 15) is 4.79 Å². The first-order valence-corrected chi connectivity index (χ1v) is 5.20. The minimum absolute atomic E-state index is 0.0385. The maximum absolute atomic E-state index is 11.3. The largest absolute Gasteiger partial charge is 0.336 e. The quantitative estimate of drug-likeness (QED) is 0.787. The molecule has 0 aromatic carbocycles. The molecule has 0 aliphatic carbocycles. The Labute approximate surface area is 89.1 Å². The molecule has 2 amide bonds. The molecule has 82 valence electrons. The van der Waals surface area contributed by atoms with Crippen molar-refractivity contribution in [1.29, 1.82) is 0 Å². The number of hydrogen-bond donors (Lipinski definition) is 1. The maximum Gasteiger partial charge on any atom is 0.317 e. The van der Waals surface area contributed by atoms with Crippen LogP contribution in [0.5, 0.6) is 0 Å². The summed E-state index contributed by atoms with van der Waals surface area (Å²) in [6.07, 6.45) is 0. The smallest absolute Gasteiger partial charge is 0.317 e. The summed E-state index contributed by atoms with van der Waals surface area (Å²) in [7, 11) is 0. The average Bonchev–Trinajstić information content (AvgIpc) is 2.70. The molecule has 1 aliphatic heterocycles. The van der Waals surface area contributed by atoms with E-state index >= 15 is 0 Å². The SMILES string of the molecule is Cc1cc(C)n(CCN2CCNC2=O)n1. The molecule has 5 heteroatoms. The highest BCUT2D eigenvalue weighted by Gasteiger charge is 2.18. The Hall–Kier alpha value is -1.52. The molecule has 2 rings (SSSR count). The van der Waals surface area contributed by atoms with Gasteiger partial charge in [-0.1, -0.05) is 0 Å². The zero-order valence-electron chi connectivity index (χ0n) is 9.16. The number of aromatic nitrogens is 2. The van der Waals surface area contributed by atoms with Gasteiger partial charge in [0.15, 0.2) is 0 Å². The Balaban J connectivity index is 1.92. The van der Waals surface area contributed by atoms with Gasteiger partial charge in [-0.05, 0) is 19.9 Å². The van der Waals surface area contributed by atoms with Gasteiger partial charge >= 0.3 is 6.03 Å². The van der Waals surface area contributed by atoms with Crippen LogP contribution >= 0.6 is 0 Å². The molecule has 15 heavy (non-hydrogen) atoms. The summed E-state index contributed by atoms with van der Waals surface area (Å²) in [5.41, 5.74) is 2.17. The Morgan fingerprint density at radius 2 is 2.27 bits per heavy atom. The van der Waals surface area contributed by atoms with E-state index in [0.717, 1.165) is 37.6 Å². The van der Waals surface area contributed by atoms with Crippen LogP contribution in [0.15, 0.2) is 6.07 Å². The summed E-state index contributed by atoms with van der Waals surface area (Å²) in [4.78, 5) is 13.1. The predicted octanol–water partition coefficient (Wildman–Crippen LogP) is 0.525. The molecule has 0 radical (unpaired) electrons. The van der Waals surface area contributed by atoms with Gasteiger partial charge in [0, 0.05) is 25.3 Å². The fourth-order valence-corrected chi connectivity index (χ4v) is 1.84. The summed E-state index contributed by atoms with van der Waals surface area (Å²) in [6, 6.07) is 2.08. The highest BCUT2D eigenvalue weighted by Crippen LogP contribution is 2.03. The number of amides is 2. The number of rotatable bonds is 3. The lowest BCUT2D eigenvalue weighted by Gasteiger charge is -2.14. The molecule has 0 unspecified atom stereocenters. The van der Waals surface area contributed by atoms with Crippen LogP contribution in [0.25, 0.3) is 0 Å². The zero-order chi connectivity index (χ0) is 10.8. The molecule has 1 aromatic rings. The second kappa shape index (κ2) is 3.92. The first kappa shape index (κ1) is 10.0. The topological polar surface area (TPSA) is 50.2 Å². The van der Waals surface area contributed by atoms with Crippen LogP contribution in [0.4, 0.5) is 4.79 Å². The van der Waals surface area contributed by atoms with E-state index in [2.05, 4.69) is 10.4 Å². The third-order valence-electron chi connectivity index (χ3n) is 2.63. The number of hydrogen-bond acceptors (Lipinski definition) is 2. The summed E-state index contributed by atoms with van der Waals surface area (Å²) in [6.45, 7) is 7.07. The lowest BCUT2D eigenvalue weighted by molar-refractivity contribution is 0.215. The second-order valence-corrected chi connectivity index (χ2v) is 3.87. The van der Waals surface area contributed by atoms with Gasteiger partial charge in [-0.25, -0.2) is 4.79 Å². The first-order valence-electron chi connectivity index (χ1n) is 5.20. The van der Waals surface area contributed by atoms with Crippen molar-refractivity contribution in [2.45, 2.75) is 20.4 Å². The van der Waals surface area contributed by atoms with Gasteiger partial charge in [0.25, 0.3) is 0 Å². The van der Waals surface area contributed by atoms with E-state index in [1.807, 2.05) is 29.5 Å². The van der Waals surface area contributed by atoms with Gasteiger partial charge in [0.2, 0.25) is 0 Å². The van der Waals surface area contributed by atoms with E-state index in [-0.39, 0.29) is 6.03 Å². The second-order valence-electron chi connectivity index (χ2n) is 3.87. The van der Waals surface area contributed by atoms with Gasteiger partial charge < -0.3 is 10.2 Å². The van der Waals surface area contributed by atoms with Crippen molar-refractivity contribution in [3.05, 3.63) is 17.5 Å². The average molecular weight is 208 g/mol. The molecule has 1 aromatic heterocycles. The van der Waals surface area contributed by atoms with Gasteiger partial charge in [0.1, 0.15) is 0 Å². The number of nitrogens with one attached hydrogen (secondary N) is 1. The molecular formula is C10H16N4O. The Kier molecular flexibility index (Phi) is 2.62. The number of aryl methyl sites for hydroxylation is 2. The highest BCUT2D eigenvalue weighted by molar-refractivity contribution is 5.76. The molecular weight excluding hydrogens is 192 g/mol. The molecule has 1 N–H and O–H groups in total. The Bertz CT molecular complexity index is 371. The number of carbonyl (C=O) groups excluding carboxylic acids is 1. The van der Waals surface area contributed by atoms with Gasteiger partial charge in [0.05, 0.1) is 12.2 Å². The van der Waals surface area contributed by atoms with Crippen LogP contribution in [0.1, 0.15) is 11.4 Å². The van der Waals surface area contributed by atoms with Crippen molar-refractivity contribution in [2.75, 3.05) is 19.6 Å². The summed E-state index contributed by atoms with van der Waals surface area (Å²) >= 11 is 0. The lowest BCUT2D eigenvalue weighted by Crippen LogP contribution is -2.31. The Morgan fingerprint density at radius 3 is 2.80 bits per heavy atom. The molecule has 5 nitrogen and oxygen atoms in total. The van der Waals surface area contributed by atoms with Crippen LogP contribution in [-0.4, -0.2) is 40.3 Å². The summed E-state index contributed by atoms with van der Waals surface area (Å²) in [5, 5.41) is 7.14.